The van der Waals surface area contributed by atoms with Crippen molar-refractivity contribution >= 4 is 0 Å². The van der Waals surface area contributed by atoms with Crippen LogP contribution in [-0.4, -0.2) is 34.1 Å². The van der Waals surface area contributed by atoms with Gasteiger partial charge in [0.15, 0.2) is 0 Å². The van der Waals surface area contributed by atoms with Crippen LogP contribution >= 0.6 is 0 Å². The molecule has 0 rings (SSSR count). The Labute approximate surface area is 67.7 Å². The molecule has 0 aromatic carbocycles. The van der Waals surface area contributed by atoms with Crippen molar-refractivity contribution in [2.24, 2.45) is 0 Å². The van der Waals surface area contributed by atoms with Crippen molar-refractivity contribution in [1.82, 2.24) is 0 Å². The lowest BCUT2D eigenvalue weighted by Gasteiger charge is -2.09. The van der Waals surface area contributed by atoms with E-state index in [9.17, 15) is 0 Å². The Kier molecular flexibility index (Phi) is 6.51. The van der Waals surface area contributed by atoms with Crippen LogP contribution in [0.1, 0.15) is 32.6 Å². The Morgan fingerprint density at radius 3 is 2.09 bits per heavy atom. The Bertz CT molecular complexity index is 75.4. The van der Waals surface area contributed by atoms with E-state index in [1.165, 1.54) is 0 Å². The van der Waals surface area contributed by atoms with Gasteiger partial charge in [0.25, 0.3) is 0 Å². The molecule has 3 nitrogen and oxygen atoms in total. The smallest absolute Gasteiger partial charge is 0.0771 e. The molecule has 2 atom stereocenters. The van der Waals surface area contributed by atoms with Crippen LogP contribution in [0.15, 0.2) is 0 Å². The third-order valence-corrected chi connectivity index (χ3v) is 1.76. The van der Waals surface area contributed by atoms with Gasteiger partial charge in [0, 0.05) is 0 Å². The van der Waals surface area contributed by atoms with E-state index >= 15 is 0 Å². The van der Waals surface area contributed by atoms with Gasteiger partial charge in [0.05, 0.1) is 18.8 Å². The summed E-state index contributed by atoms with van der Waals surface area (Å²) in [5.41, 5.74) is 0. The van der Waals surface area contributed by atoms with Crippen LogP contribution < -0.4 is 0 Å². The molecule has 0 aliphatic rings. The lowest BCUT2D eigenvalue weighted by Crippen LogP contribution is -2.13. The van der Waals surface area contributed by atoms with Crippen LogP contribution in [-0.2, 0) is 0 Å². The molecule has 0 saturated carbocycles. The fraction of sp³-hybridized carbons (Fsp3) is 1.00. The second-order valence-corrected chi connectivity index (χ2v) is 2.83. The largest absolute Gasteiger partial charge is 0.394 e. The van der Waals surface area contributed by atoms with Gasteiger partial charge in [-0.2, -0.15) is 0 Å². The van der Waals surface area contributed by atoms with E-state index < -0.39 is 6.10 Å². The Balaban J connectivity index is 3.13. The fourth-order valence-electron chi connectivity index (χ4n) is 0.885. The normalized spacial score (nSPS) is 16.4. The topological polar surface area (TPSA) is 60.7 Å². The maximum absolute atomic E-state index is 9.10. The van der Waals surface area contributed by atoms with Crippen molar-refractivity contribution < 1.29 is 15.3 Å². The first-order chi connectivity index (χ1) is 5.20. The molecule has 0 bridgehead atoms. The molecule has 3 N–H and O–H groups in total. The molecular formula is C8H18O3. The van der Waals surface area contributed by atoms with Gasteiger partial charge in [-0.3, -0.25) is 0 Å². The number of hydrogen-bond acceptors (Lipinski definition) is 3. The second-order valence-electron chi connectivity index (χ2n) is 2.83. The summed E-state index contributed by atoms with van der Waals surface area (Å²) in [6, 6.07) is 0. The van der Waals surface area contributed by atoms with E-state index in [0.29, 0.717) is 12.8 Å². The van der Waals surface area contributed by atoms with Crippen LogP contribution in [0.5, 0.6) is 0 Å². The number of aliphatic hydroxyl groups excluding tert-OH is 3. The molecule has 0 aliphatic carbocycles. The minimum Gasteiger partial charge on any atom is -0.394 e. The van der Waals surface area contributed by atoms with Crippen LogP contribution in [0.2, 0.25) is 0 Å². The van der Waals surface area contributed by atoms with Crippen molar-refractivity contribution in [3.8, 4) is 0 Å². The first-order valence-corrected chi connectivity index (χ1v) is 4.17. The molecule has 0 radical (unpaired) electrons. The van der Waals surface area contributed by atoms with E-state index in [1.807, 2.05) is 6.92 Å². The van der Waals surface area contributed by atoms with Crippen LogP contribution in [0.25, 0.3) is 0 Å². The molecule has 3 heteroatoms. The number of aliphatic hydroxyl groups is 3. The lowest BCUT2D eigenvalue weighted by molar-refractivity contribution is 0.0798. The van der Waals surface area contributed by atoms with E-state index in [2.05, 4.69) is 0 Å². The highest BCUT2D eigenvalue weighted by atomic mass is 16.3. The van der Waals surface area contributed by atoms with Crippen LogP contribution in [0, 0.1) is 0 Å². The second kappa shape index (κ2) is 6.58. The van der Waals surface area contributed by atoms with Gasteiger partial charge < -0.3 is 15.3 Å². The number of hydrogen-bond donors (Lipinski definition) is 3. The summed E-state index contributed by atoms with van der Waals surface area (Å²) in [6.07, 6.45) is 1.97. The maximum Gasteiger partial charge on any atom is 0.0771 e. The molecule has 0 amide bonds. The Morgan fingerprint density at radius 2 is 1.64 bits per heavy atom. The molecule has 0 heterocycles. The zero-order valence-electron chi connectivity index (χ0n) is 7.03. The first-order valence-electron chi connectivity index (χ1n) is 4.17. The zero-order chi connectivity index (χ0) is 8.69. The summed E-state index contributed by atoms with van der Waals surface area (Å²) in [5.74, 6) is 0. The molecule has 68 valence electrons. The molecule has 0 saturated heterocycles. The summed E-state index contributed by atoms with van der Waals surface area (Å²) >= 11 is 0. The number of rotatable bonds is 6. The molecule has 0 fully saturated rings. The van der Waals surface area contributed by atoms with Crippen molar-refractivity contribution in [2.75, 3.05) is 6.61 Å². The quantitative estimate of drug-likeness (QED) is 0.525. The van der Waals surface area contributed by atoms with Gasteiger partial charge in [0.2, 0.25) is 0 Å². The molecule has 0 aliphatic heterocycles. The van der Waals surface area contributed by atoms with E-state index in [0.717, 1.165) is 12.8 Å². The average Bonchev–Trinajstić information content (AvgIpc) is 2.04. The highest BCUT2D eigenvalue weighted by Gasteiger charge is 2.04. The summed E-state index contributed by atoms with van der Waals surface area (Å²) < 4.78 is 0. The SMILES string of the molecule is CCC(O)CCCC(O)CO. The van der Waals surface area contributed by atoms with E-state index in [-0.39, 0.29) is 12.7 Å². The molecule has 0 aromatic heterocycles. The Hall–Kier alpha value is -0.120. The molecule has 2 unspecified atom stereocenters. The van der Waals surface area contributed by atoms with Crippen LogP contribution in [0.3, 0.4) is 0 Å². The molecule has 11 heavy (non-hydrogen) atoms. The van der Waals surface area contributed by atoms with Crippen LogP contribution in [0.4, 0.5) is 0 Å². The van der Waals surface area contributed by atoms with Crippen molar-refractivity contribution in [1.29, 1.82) is 0 Å². The van der Waals surface area contributed by atoms with Crippen molar-refractivity contribution in [3.05, 3.63) is 0 Å². The predicted molar refractivity (Wildman–Crippen MR) is 43.2 cm³/mol. The van der Waals surface area contributed by atoms with Gasteiger partial charge in [-0.05, 0) is 25.7 Å². The van der Waals surface area contributed by atoms with Crippen molar-refractivity contribution in [3.63, 3.8) is 0 Å². The summed E-state index contributed by atoms with van der Waals surface area (Å²) in [5, 5.41) is 26.5. The minimum atomic E-state index is -0.612. The van der Waals surface area contributed by atoms with E-state index in [4.69, 9.17) is 15.3 Å². The van der Waals surface area contributed by atoms with Gasteiger partial charge in [-0.15, -0.1) is 0 Å². The lowest BCUT2D eigenvalue weighted by atomic mass is 10.1. The minimum absolute atomic E-state index is 0.178. The molecular weight excluding hydrogens is 144 g/mol. The standard InChI is InChI=1S/C8H18O3/c1-2-7(10)4-3-5-8(11)6-9/h7-11H,2-6H2,1H3. The van der Waals surface area contributed by atoms with Gasteiger partial charge in [-0.25, -0.2) is 0 Å². The summed E-state index contributed by atoms with van der Waals surface area (Å²) in [4.78, 5) is 0. The monoisotopic (exact) mass is 162 g/mol. The third kappa shape index (κ3) is 6.28. The summed E-state index contributed by atoms with van der Waals surface area (Å²) in [7, 11) is 0. The molecule has 0 spiro atoms. The average molecular weight is 162 g/mol. The zero-order valence-corrected chi connectivity index (χ0v) is 7.03. The highest BCUT2D eigenvalue weighted by Crippen LogP contribution is 2.05. The summed E-state index contributed by atoms with van der Waals surface area (Å²) in [6.45, 7) is 1.75. The fourth-order valence-corrected chi connectivity index (χ4v) is 0.885. The highest BCUT2D eigenvalue weighted by molar-refractivity contribution is 4.57. The predicted octanol–water partition coefficient (Wildman–Crippen LogP) is 0.281. The Morgan fingerprint density at radius 1 is 1.09 bits per heavy atom. The van der Waals surface area contributed by atoms with Gasteiger partial charge >= 0.3 is 0 Å². The first kappa shape index (κ1) is 10.9. The molecule has 0 aromatic rings. The van der Waals surface area contributed by atoms with E-state index in [1.54, 1.807) is 0 Å². The third-order valence-electron chi connectivity index (χ3n) is 1.76. The van der Waals surface area contributed by atoms with Gasteiger partial charge in [-0.1, -0.05) is 6.92 Å². The maximum atomic E-state index is 9.10. The van der Waals surface area contributed by atoms with Crippen molar-refractivity contribution in [2.45, 2.75) is 44.8 Å². The van der Waals surface area contributed by atoms with Gasteiger partial charge in [0.1, 0.15) is 0 Å².